The van der Waals surface area contributed by atoms with E-state index in [9.17, 15) is 9.59 Å². The highest BCUT2D eigenvalue weighted by Crippen LogP contribution is 2.32. The number of aromatic amines is 1. The van der Waals surface area contributed by atoms with Crippen molar-refractivity contribution in [3.05, 3.63) is 103 Å². The summed E-state index contributed by atoms with van der Waals surface area (Å²) in [5, 5.41) is 6.80. The molecular formula is C29H25N3O4. The lowest BCUT2D eigenvalue weighted by Crippen LogP contribution is -2.13. The van der Waals surface area contributed by atoms with Crippen molar-refractivity contribution in [2.75, 3.05) is 17.7 Å². The fraction of sp³-hybridized carbons (Fsp3) is 0.103. The number of hydrogen-bond donors (Lipinski definition) is 3. The number of benzene rings is 3. The number of para-hydroxylation sites is 1. The zero-order valence-corrected chi connectivity index (χ0v) is 19.7. The van der Waals surface area contributed by atoms with Gasteiger partial charge in [0.25, 0.3) is 5.91 Å². The Balaban J connectivity index is 1.26. The molecule has 0 atom stereocenters. The van der Waals surface area contributed by atoms with E-state index in [0.29, 0.717) is 24.2 Å². The van der Waals surface area contributed by atoms with Crippen molar-refractivity contribution in [2.45, 2.75) is 12.8 Å². The second-order valence-electron chi connectivity index (χ2n) is 8.31. The number of furan rings is 1. The molecule has 5 aromatic rings. The molecule has 0 radical (unpaired) electrons. The number of rotatable bonds is 8. The van der Waals surface area contributed by atoms with E-state index in [1.165, 1.54) is 6.26 Å². The molecule has 0 bridgehead atoms. The van der Waals surface area contributed by atoms with Gasteiger partial charge in [-0.25, -0.2) is 0 Å². The maximum atomic E-state index is 12.8. The van der Waals surface area contributed by atoms with Crippen molar-refractivity contribution in [3.63, 3.8) is 0 Å². The van der Waals surface area contributed by atoms with E-state index in [0.717, 1.165) is 33.5 Å². The van der Waals surface area contributed by atoms with Crippen LogP contribution in [0.25, 0.3) is 22.2 Å². The van der Waals surface area contributed by atoms with Crippen molar-refractivity contribution < 1.29 is 18.7 Å². The van der Waals surface area contributed by atoms with Gasteiger partial charge in [-0.3, -0.25) is 9.59 Å². The normalized spacial score (nSPS) is 10.8. The molecular weight excluding hydrogens is 454 g/mol. The van der Waals surface area contributed by atoms with Crippen LogP contribution in [0.2, 0.25) is 0 Å². The van der Waals surface area contributed by atoms with Crippen LogP contribution in [-0.2, 0) is 11.2 Å². The van der Waals surface area contributed by atoms with Crippen LogP contribution in [0.15, 0.2) is 95.6 Å². The number of amides is 2. The van der Waals surface area contributed by atoms with Crippen LogP contribution < -0.4 is 15.4 Å². The van der Waals surface area contributed by atoms with Gasteiger partial charge in [-0.05, 0) is 84.3 Å². The molecule has 3 N–H and O–H groups in total. The monoisotopic (exact) mass is 479 g/mol. The predicted octanol–water partition coefficient (Wildman–Crippen LogP) is 6.26. The number of aromatic nitrogens is 1. The van der Waals surface area contributed by atoms with Gasteiger partial charge in [0.05, 0.1) is 13.4 Å². The summed E-state index contributed by atoms with van der Waals surface area (Å²) in [6, 6.07) is 26.2. The summed E-state index contributed by atoms with van der Waals surface area (Å²) in [7, 11) is 1.65. The quantitative estimate of drug-likeness (QED) is 0.245. The van der Waals surface area contributed by atoms with E-state index in [1.54, 1.807) is 43.5 Å². The molecule has 2 amide bonds. The van der Waals surface area contributed by atoms with E-state index in [2.05, 4.69) is 21.7 Å². The van der Waals surface area contributed by atoms with E-state index in [1.807, 2.05) is 42.5 Å². The van der Waals surface area contributed by atoms with Crippen LogP contribution in [0.4, 0.5) is 11.4 Å². The Morgan fingerprint density at radius 3 is 2.28 bits per heavy atom. The first kappa shape index (κ1) is 23.0. The van der Waals surface area contributed by atoms with Crippen LogP contribution >= 0.6 is 0 Å². The Morgan fingerprint density at radius 1 is 0.861 bits per heavy atom. The zero-order chi connectivity index (χ0) is 24.9. The minimum atomic E-state index is -0.330. The molecule has 0 fully saturated rings. The first-order valence-electron chi connectivity index (χ1n) is 11.6. The highest BCUT2D eigenvalue weighted by molar-refractivity contribution is 6.02. The standard InChI is InChI=1S/C29H25N3O4/c1-35-22-14-8-19(9-15-22)28-24(23-5-2-3-6-25(23)32-28)16-17-27(33)30-20-10-12-21(13-11-20)31-29(34)26-7-4-18-36-26/h2-15,18,32H,16-17H2,1H3,(H,30,33)(H,31,34). The number of fused-ring (bicyclic) bond motifs is 1. The van der Waals surface area contributed by atoms with Crippen molar-refractivity contribution >= 4 is 34.1 Å². The molecule has 0 aliphatic rings. The third-order valence-corrected chi connectivity index (χ3v) is 5.97. The number of carbonyl (C=O) groups is 2. The lowest BCUT2D eigenvalue weighted by Gasteiger charge is -2.09. The topological polar surface area (TPSA) is 96.4 Å². The van der Waals surface area contributed by atoms with Gasteiger partial charge in [-0.15, -0.1) is 0 Å². The summed E-state index contributed by atoms with van der Waals surface area (Å²) in [6.07, 6.45) is 2.35. The predicted molar refractivity (Wildman–Crippen MR) is 140 cm³/mol. The van der Waals surface area contributed by atoms with Gasteiger partial charge in [0.1, 0.15) is 5.75 Å². The summed E-state index contributed by atoms with van der Waals surface area (Å²) in [4.78, 5) is 28.4. The molecule has 7 nitrogen and oxygen atoms in total. The van der Waals surface area contributed by atoms with Crippen LogP contribution in [0.3, 0.4) is 0 Å². The van der Waals surface area contributed by atoms with Gasteiger partial charge >= 0.3 is 0 Å². The van der Waals surface area contributed by atoms with E-state index >= 15 is 0 Å². The fourth-order valence-electron chi connectivity index (χ4n) is 4.16. The first-order chi connectivity index (χ1) is 17.6. The summed E-state index contributed by atoms with van der Waals surface area (Å²) in [5.41, 5.74) is 5.44. The molecule has 3 aromatic carbocycles. The number of H-pyrrole nitrogens is 1. The molecule has 0 spiro atoms. The Bertz CT molecular complexity index is 1480. The van der Waals surface area contributed by atoms with Crippen molar-refractivity contribution in [1.82, 2.24) is 4.98 Å². The Labute approximate surface area is 208 Å². The second kappa shape index (κ2) is 10.2. The molecule has 0 saturated heterocycles. The lowest BCUT2D eigenvalue weighted by molar-refractivity contribution is -0.116. The molecule has 0 aliphatic heterocycles. The number of nitrogens with one attached hydrogen (secondary N) is 3. The summed E-state index contributed by atoms with van der Waals surface area (Å²) >= 11 is 0. The highest BCUT2D eigenvalue weighted by atomic mass is 16.5. The molecule has 36 heavy (non-hydrogen) atoms. The maximum absolute atomic E-state index is 12.8. The van der Waals surface area contributed by atoms with Crippen molar-refractivity contribution in [3.8, 4) is 17.0 Å². The molecule has 0 aliphatic carbocycles. The number of aryl methyl sites for hydroxylation is 1. The third kappa shape index (κ3) is 5.00. The Morgan fingerprint density at radius 2 is 1.58 bits per heavy atom. The number of hydrogen-bond acceptors (Lipinski definition) is 4. The van der Waals surface area contributed by atoms with Crippen LogP contribution in [-0.4, -0.2) is 23.9 Å². The number of methoxy groups -OCH3 is 1. The summed E-state index contributed by atoms with van der Waals surface area (Å²) in [6.45, 7) is 0. The molecule has 0 saturated carbocycles. The van der Waals surface area contributed by atoms with Crippen LogP contribution in [0.5, 0.6) is 5.75 Å². The lowest BCUT2D eigenvalue weighted by atomic mass is 10.0. The minimum absolute atomic E-state index is 0.0895. The van der Waals surface area contributed by atoms with Gasteiger partial charge in [0.15, 0.2) is 5.76 Å². The second-order valence-corrected chi connectivity index (χ2v) is 8.31. The van der Waals surface area contributed by atoms with Gasteiger partial charge in [0, 0.05) is 34.4 Å². The molecule has 2 heterocycles. The molecule has 7 heteroatoms. The van der Waals surface area contributed by atoms with E-state index in [4.69, 9.17) is 9.15 Å². The smallest absolute Gasteiger partial charge is 0.291 e. The van der Waals surface area contributed by atoms with E-state index in [-0.39, 0.29) is 17.6 Å². The van der Waals surface area contributed by atoms with E-state index < -0.39 is 0 Å². The fourth-order valence-corrected chi connectivity index (χ4v) is 4.16. The minimum Gasteiger partial charge on any atom is -0.497 e. The van der Waals surface area contributed by atoms with Gasteiger partial charge in [0.2, 0.25) is 5.91 Å². The van der Waals surface area contributed by atoms with Gasteiger partial charge in [-0.1, -0.05) is 18.2 Å². The molecule has 180 valence electrons. The van der Waals surface area contributed by atoms with Gasteiger partial charge in [-0.2, -0.15) is 0 Å². The third-order valence-electron chi connectivity index (χ3n) is 5.97. The zero-order valence-electron chi connectivity index (χ0n) is 19.7. The summed E-state index contributed by atoms with van der Waals surface area (Å²) in [5.74, 6) is 0.609. The largest absolute Gasteiger partial charge is 0.497 e. The maximum Gasteiger partial charge on any atom is 0.291 e. The molecule has 2 aromatic heterocycles. The first-order valence-corrected chi connectivity index (χ1v) is 11.6. The Kier molecular flexibility index (Phi) is 6.53. The molecule has 0 unspecified atom stereocenters. The number of ether oxygens (including phenoxy) is 1. The van der Waals surface area contributed by atoms with Crippen LogP contribution in [0.1, 0.15) is 22.5 Å². The molecule has 5 rings (SSSR count). The average molecular weight is 480 g/mol. The average Bonchev–Trinajstić information content (AvgIpc) is 3.57. The summed E-state index contributed by atoms with van der Waals surface area (Å²) < 4.78 is 10.4. The van der Waals surface area contributed by atoms with Crippen LogP contribution in [0, 0.1) is 0 Å². The van der Waals surface area contributed by atoms with Gasteiger partial charge < -0.3 is 24.8 Å². The number of carbonyl (C=O) groups excluding carboxylic acids is 2. The Hall–Kier alpha value is -4.78. The number of anilines is 2. The SMILES string of the molecule is COc1ccc(-c2[nH]c3ccccc3c2CCC(=O)Nc2ccc(NC(=O)c3ccco3)cc2)cc1. The van der Waals surface area contributed by atoms with Crippen molar-refractivity contribution in [1.29, 1.82) is 0 Å². The highest BCUT2D eigenvalue weighted by Gasteiger charge is 2.15. The van der Waals surface area contributed by atoms with Crippen molar-refractivity contribution in [2.24, 2.45) is 0 Å².